The first-order valence-electron chi connectivity index (χ1n) is 13.8. The van der Waals surface area contributed by atoms with E-state index in [0.717, 1.165) is 10.4 Å². The molecule has 0 bridgehead atoms. The van der Waals surface area contributed by atoms with Gasteiger partial charge in [0.05, 0.1) is 22.6 Å². The van der Waals surface area contributed by atoms with Gasteiger partial charge >= 0.3 is 0 Å². The summed E-state index contributed by atoms with van der Waals surface area (Å²) in [5.74, 6) is -1.23. The number of ether oxygens (including phenoxy) is 1. The monoisotopic (exact) mass is 698 g/mol. The number of amides is 2. The third-order valence-electron chi connectivity index (χ3n) is 7.21. The number of hydrogen-bond donors (Lipinski definition) is 1. The van der Waals surface area contributed by atoms with Crippen LogP contribution in [-0.2, 0) is 26.2 Å². The highest BCUT2D eigenvalue weighted by Gasteiger charge is 2.35. The second kappa shape index (κ2) is 15.1. The number of halogens is 3. The van der Waals surface area contributed by atoms with Crippen LogP contribution < -0.4 is 14.4 Å². The van der Waals surface area contributed by atoms with E-state index < -0.39 is 49.9 Å². The summed E-state index contributed by atoms with van der Waals surface area (Å²) >= 11 is 19.1. The minimum absolute atomic E-state index is 0.0562. The second-order valence-electron chi connectivity index (χ2n) is 10.2. The zero-order valence-corrected chi connectivity index (χ0v) is 28.3. The first-order valence-corrected chi connectivity index (χ1v) is 16.3. The fraction of sp³-hybridized carbons (Fsp3) is 0.333. The molecule has 0 heterocycles. The average Bonchev–Trinajstić information content (AvgIpc) is 2.99. The number of nitro benzene ring substituents is 1. The van der Waals surface area contributed by atoms with Crippen molar-refractivity contribution in [3.8, 4) is 5.75 Å². The molecule has 2 unspecified atom stereocenters. The van der Waals surface area contributed by atoms with Crippen LogP contribution in [0.25, 0.3) is 0 Å². The van der Waals surface area contributed by atoms with E-state index in [9.17, 15) is 28.1 Å². The minimum Gasteiger partial charge on any atom is -0.495 e. The quantitative estimate of drug-likeness (QED) is 0.161. The lowest BCUT2D eigenvalue weighted by Crippen LogP contribution is -2.52. The maximum Gasteiger partial charge on any atom is 0.273 e. The molecular weight excluding hydrogens is 667 g/mol. The van der Waals surface area contributed by atoms with Gasteiger partial charge in [0.25, 0.3) is 15.7 Å². The predicted molar refractivity (Wildman–Crippen MR) is 175 cm³/mol. The molecule has 0 saturated carbocycles. The van der Waals surface area contributed by atoms with Crippen molar-refractivity contribution in [3.63, 3.8) is 0 Å². The number of aryl methyl sites for hydroxylation is 1. The second-order valence-corrected chi connectivity index (χ2v) is 13.4. The number of anilines is 1. The minimum atomic E-state index is -4.67. The molecule has 0 radical (unpaired) electrons. The van der Waals surface area contributed by atoms with Gasteiger partial charge in [-0.1, -0.05) is 53.9 Å². The van der Waals surface area contributed by atoms with Gasteiger partial charge in [0.2, 0.25) is 11.8 Å². The molecule has 0 aliphatic rings. The van der Waals surface area contributed by atoms with Crippen LogP contribution in [0.4, 0.5) is 11.4 Å². The molecule has 242 valence electrons. The molecule has 45 heavy (non-hydrogen) atoms. The largest absolute Gasteiger partial charge is 0.495 e. The van der Waals surface area contributed by atoms with Crippen molar-refractivity contribution in [2.24, 2.45) is 0 Å². The van der Waals surface area contributed by atoms with Crippen molar-refractivity contribution in [1.82, 2.24) is 10.2 Å². The van der Waals surface area contributed by atoms with Crippen molar-refractivity contribution in [1.29, 1.82) is 0 Å². The third-order valence-corrected chi connectivity index (χ3v) is 9.91. The number of rotatable bonds is 13. The number of benzene rings is 3. The number of nitro groups is 1. The molecule has 0 aromatic heterocycles. The van der Waals surface area contributed by atoms with Crippen molar-refractivity contribution < 1.29 is 27.7 Å². The maximum atomic E-state index is 14.2. The summed E-state index contributed by atoms with van der Waals surface area (Å²) in [5.41, 5.74) is 0.0619. The summed E-state index contributed by atoms with van der Waals surface area (Å²) in [6.45, 7) is 5.59. The maximum absolute atomic E-state index is 14.2. The van der Waals surface area contributed by atoms with Gasteiger partial charge in [-0.05, 0) is 63.6 Å². The van der Waals surface area contributed by atoms with Crippen LogP contribution in [-0.4, -0.2) is 55.8 Å². The van der Waals surface area contributed by atoms with Crippen LogP contribution in [0.5, 0.6) is 5.75 Å². The fourth-order valence-electron chi connectivity index (χ4n) is 4.35. The van der Waals surface area contributed by atoms with Gasteiger partial charge in [0.15, 0.2) is 0 Å². The molecule has 2 amide bonds. The molecule has 15 heteroatoms. The summed E-state index contributed by atoms with van der Waals surface area (Å²) < 4.78 is 34.6. The van der Waals surface area contributed by atoms with Crippen LogP contribution in [0.15, 0.2) is 59.5 Å². The molecule has 0 spiro atoms. The van der Waals surface area contributed by atoms with Crippen molar-refractivity contribution in [2.45, 2.75) is 57.6 Å². The first-order chi connectivity index (χ1) is 21.1. The highest BCUT2D eigenvalue weighted by Crippen LogP contribution is 2.36. The summed E-state index contributed by atoms with van der Waals surface area (Å²) in [6.07, 6.45) is 0.631. The van der Waals surface area contributed by atoms with Gasteiger partial charge in [-0.3, -0.25) is 24.0 Å². The molecule has 0 fully saturated rings. The number of carbonyl (C=O) groups excluding carboxylic acids is 2. The molecule has 3 aromatic rings. The van der Waals surface area contributed by atoms with Crippen LogP contribution in [0, 0.1) is 17.0 Å². The van der Waals surface area contributed by atoms with E-state index in [2.05, 4.69) is 5.32 Å². The summed E-state index contributed by atoms with van der Waals surface area (Å²) in [6, 6.07) is 11.1. The number of hydrogen-bond acceptors (Lipinski definition) is 7. The van der Waals surface area contributed by atoms with Crippen LogP contribution in [0.1, 0.15) is 38.3 Å². The number of nitrogens with zero attached hydrogens (tertiary/aromatic N) is 3. The van der Waals surface area contributed by atoms with Crippen LogP contribution in [0.3, 0.4) is 0 Å². The molecule has 3 aromatic carbocycles. The van der Waals surface area contributed by atoms with Crippen molar-refractivity contribution >= 4 is 68.0 Å². The SMILES string of the molecule is CCC(C)NC(=O)C(C)N(Cc1c(Cl)cccc1Cl)C(=O)CN(c1cc(Cl)ccc1OC)S(=O)(=O)c1ccc(C)c([N+](=O)[O-])c1. The van der Waals surface area contributed by atoms with E-state index in [1.807, 2.05) is 13.8 Å². The lowest BCUT2D eigenvalue weighted by atomic mass is 10.1. The highest BCUT2D eigenvalue weighted by atomic mass is 35.5. The van der Waals surface area contributed by atoms with E-state index in [1.54, 1.807) is 18.2 Å². The molecule has 11 nitrogen and oxygen atoms in total. The Morgan fingerprint density at radius 1 is 1.04 bits per heavy atom. The molecule has 3 rings (SSSR count). The summed E-state index contributed by atoms with van der Waals surface area (Å²) in [7, 11) is -3.36. The van der Waals surface area contributed by atoms with Gasteiger partial charge in [-0.25, -0.2) is 8.42 Å². The standard InChI is InChI=1S/C30H33Cl3N4O7S/c1-6-19(3)34-30(39)20(4)35(16-23-24(32)8-7-9-25(23)33)29(38)17-36(27-14-21(31)11-13-28(27)44-5)45(42,43)22-12-10-18(2)26(15-22)37(40)41/h7-15,19-20H,6,16-17H2,1-5H3,(H,34,39). The lowest BCUT2D eigenvalue weighted by Gasteiger charge is -2.33. The van der Waals surface area contributed by atoms with Gasteiger partial charge in [-0.15, -0.1) is 0 Å². The Bertz CT molecular complexity index is 1680. The topological polar surface area (TPSA) is 139 Å². The van der Waals surface area contributed by atoms with Gasteiger partial charge in [-0.2, -0.15) is 0 Å². The van der Waals surface area contributed by atoms with E-state index in [-0.39, 0.29) is 44.7 Å². The molecule has 1 N–H and O–H groups in total. The normalized spacial score (nSPS) is 12.6. The third kappa shape index (κ3) is 8.37. The van der Waals surface area contributed by atoms with Gasteiger partial charge < -0.3 is 15.0 Å². The smallest absolute Gasteiger partial charge is 0.273 e. The van der Waals surface area contributed by atoms with E-state index >= 15 is 0 Å². The zero-order valence-electron chi connectivity index (χ0n) is 25.2. The highest BCUT2D eigenvalue weighted by molar-refractivity contribution is 7.92. The fourth-order valence-corrected chi connectivity index (χ4v) is 6.47. The summed E-state index contributed by atoms with van der Waals surface area (Å²) in [5, 5.41) is 15.1. The Morgan fingerprint density at radius 2 is 1.69 bits per heavy atom. The Hall–Kier alpha value is -3.58. The molecule has 2 atom stereocenters. The van der Waals surface area contributed by atoms with Gasteiger partial charge in [0, 0.05) is 44.8 Å². The van der Waals surface area contributed by atoms with Crippen molar-refractivity contribution in [3.05, 3.63) is 90.9 Å². The van der Waals surface area contributed by atoms with Crippen LogP contribution in [0.2, 0.25) is 15.1 Å². The molecule has 0 saturated heterocycles. The Morgan fingerprint density at radius 3 is 2.27 bits per heavy atom. The van der Waals surface area contributed by atoms with Crippen molar-refractivity contribution in [2.75, 3.05) is 18.0 Å². The number of methoxy groups -OCH3 is 1. The van der Waals surface area contributed by atoms with Crippen LogP contribution >= 0.6 is 34.8 Å². The Balaban J connectivity index is 2.19. The number of sulfonamides is 1. The Labute approximate surface area is 277 Å². The lowest BCUT2D eigenvalue weighted by molar-refractivity contribution is -0.385. The van der Waals surface area contributed by atoms with Gasteiger partial charge in [0.1, 0.15) is 18.3 Å². The number of nitrogens with one attached hydrogen (secondary N) is 1. The number of carbonyl (C=O) groups is 2. The zero-order chi connectivity index (χ0) is 33.6. The van der Waals surface area contributed by atoms with E-state index in [1.165, 1.54) is 56.2 Å². The van der Waals surface area contributed by atoms with E-state index in [4.69, 9.17) is 39.5 Å². The van der Waals surface area contributed by atoms with E-state index in [0.29, 0.717) is 12.0 Å². The molecular formula is C30H33Cl3N4O7S. The Kier molecular flexibility index (Phi) is 12.1. The summed E-state index contributed by atoms with van der Waals surface area (Å²) in [4.78, 5) is 39.2. The molecule has 0 aliphatic heterocycles. The predicted octanol–water partition coefficient (Wildman–Crippen LogP) is 6.40. The molecule has 0 aliphatic carbocycles. The first kappa shape index (κ1) is 35.9. The average molecular weight is 700 g/mol.